The Labute approximate surface area is 148 Å². The number of allylic oxidation sites excluding steroid dienone is 3. The van der Waals surface area contributed by atoms with Crippen LogP contribution >= 0.6 is 0 Å². The van der Waals surface area contributed by atoms with E-state index in [-0.39, 0.29) is 0 Å². The van der Waals surface area contributed by atoms with Crippen LogP contribution < -0.4 is 0 Å². The van der Waals surface area contributed by atoms with E-state index in [9.17, 15) is 5.11 Å². The van der Waals surface area contributed by atoms with Gasteiger partial charge in [-0.2, -0.15) is 0 Å². The molecule has 0 saturated carbocycles. The van der Waals surface area contributed by atoms with Gasteiger partial charge in [0.05, 0.1) is 24.2 Å². The first-order chi connectivity index (χ1) is 12.0. The van der Waals surface area contributed by atoms with E-state index in [1.54, 1.807) is 14.0 Å². The van der Waals surface area contributed by atoms with Gasteiger partial charge in [0.1, 0.15) is 11.5 Å². The molecule has 2 aliphatic heterocycles. The summed E-state index contributed by atoms with van der Waals surface area (Å²) in [4.78, 5) is 12.2. The van der Waals surface area contributed by atoms with Gasteiger partial charge in [0, 0.05) is 12.3 Å². The molecule has 5 nitrogen and oxygen atoms in total. The van der Waals surface area contributed by atoms with E-state index in [1.165, 1.54) is 0 Å². The van der Waals surface area contributed by atoms with E-state index in [2.05, 4.69) is 21.9 Å². The second kappa shape index (κ2) is 7.23. The first-order valence-corrected chi connectivity index (χ1v) is 8.77. The fraction of sp³-hybridized carbons (Fsp3) is 0.400. The van der Waals surface area contributed by atoms with Crippen molar-refractivity contribution >= 4 is 11.4 Å². The summed E-state index contributed by atoms with van der Waals surface area (Å²) >= 11 is 0. The molecular weight excluding hydrogens is 314 g/mol. The molecule has 1 unspecified atom stereocenters. The summed E-state index contributed by atoms with van der Waals surface area (Å²) in [6.07, 6.45) is 11.8. The molecule has 1 aromatic heterocycles. The van der Waals surface area contributed by atoms with Crippen LogP contribution in [0.5, 0.6) is 0 Å². The van der Waals surface area contributed by atoms with Gasteiger partial charge in [0.15, 0.2) is 5.72 Å². The highest BCUT2D eigenvalue weighted by atomic mass is 16.5. The van der Waals surface area contributed by atoms with Crippen LogP contribution in [0.2, 0.25) is 0 Å². The summed E-state index contributed by atoms with van der Waals surface area (Å²) in [6, 6.07) is 3.90. The Morgan fingerprint density at radius 2 is 2.16 bits per heavy atom. The molecular formula is C20H25N3O2. The van der Waals surface area contributed by atoms with E-state index >= 15 is 0 Å². The van der Waals surface area contributed by atoms with Crippen molar-refractivity contribution in [1.82, 2.24) is 4.98 Å². The first kappa shape index (κ1) is 17.4. The SMILES string of the molecule is CCCCCC1=CC(/C=C2\N=C(c3ccc[nH]3)C=C2OC)=NC1(C)O. The number of nitrogens with one attached hydrogen (secondary N) is 1. The van der Waals surface area contributed by atoms with Crippen LogP contribution in [-0.2, 0) is 4.74 Å². The minimum atomic E-state index is -1.12. The fourth-order valence-electron chi connectivity index (χ4n) is 3.07. The largest absolute Gasteiger partial charge is 0.494 e. The Balaban J connectivity index is 1.83. The highest BCUT2D eigenvalue weighted by Crippen LogP contribution is 2.30. The molecule has 1 aromatic rings. The molecule has 2 N–H and O–H groups in total. The number of H-pyrrole nitrogens is 1. The number of unbranched alkanes of at least 4 members (excludes halogenated alkanes) is 2. The third kappa shape index (κ3) is 3.82. The minimum absolute atomic E-state index is 0.694. The van der Waals surface area contributed by atoms with Crippen LogP contribution in [0.1, 0.15) is 45.2 Å². The van der Waals surface area contributed by atoms with E-state index in [4.69, 9.17) is 4.74 Å². The van der Waals surface area contributed by atoms with Crippen LogP contribution in [0, 0.1) is 0 Å². The lowest BCUT2D eigenvalue weighted by Crippen LogP contribution is -2.21. The number of hydrogen-bond donors (Lipinski definition) is 2. The maximum Gasteiger partial charge on any atom is 0.176 e. The Hall–Kier alpha value is -2.40. The predicted octanol–water partition coefficient (Wildman–Crippen LogP) is 3.90. The first-order valence-electron chi connectivity index (χ1n) is 8.77. The average Bonchev–Trinajstić information content (AvgIpc) is 3.27. The van der Waals surface area contributed by atoms with Gasteiger partial charge in [-0.25, -0.2) is 9.98 Å². The standard InChI is InChI=1S/C20H25N3O2/c1-4-5-6-8-14-11-15(23-20(14,2)24)12-18-19(25-3)13-17(22-18)16-9-7-10-21-16/h7,9-13,21,24H,4-6,8H2,1-3H3/b18-12-. The number of aromatic amines is 1. The van der Waals surface area contributed by atoms with Gasteiger partial charge >= 0.3 is 0 Å². The summed E-state index contributed by atoms with van der Waals surface area (Å²) in [5.41, 5.74) is 3.04. The van der Waals surface area contributed by atoms with Crippen LogP contribution in [-0.4, -0.2) is 34.3 Å². The van der Waals surface area contributed by atoms with Gasteiger partial charge in [-0.1, -0.05) is 19.8 Å². The third-order valence-corrected chi connectivity index (χ3v) is 4.47. The number of nitrogens with zero attached hydrogens (tertiary/aromatic N) is 2. The van der Waals surface area contributed by atoms with Crippen molar-refractivity contribution in [1.29, 1.82) is 0 Å². The molecule has 0 spiro atoms. The summed E-state index contributed by atoms with van der Waals surface area (Å²) in [5.74, 6) is 0.694. The fourth-order valence-corrected chi connectivity index (χ4v) is 3.07. The van der Waals surface area contributed by atoms with Crippen LogP contribution in [0.15, 0.2) is 63.6 Å². The van der Waals surface area contributed by atoms with Crippen molar-refractivity contribution in [3.05, 3.63) is 59.3 Å². The van der Waals surface area contributed by atoms with Crippen molar-refractivity contribution in [2.45, 2.75) is 45.3 Å². The number of aliphatic imine (C=N–C) groups is 2. The van der Waals surface area contributed by atoms with Crippen molar-refractivity contribution in [2.75, 3.05) is 7.11 Å². The number of ether oxygens (including phenoxy) is 1. The van der Waals surface area contributed by atoms with Crippen LogP contribution in [0.25, 0.3) is 0 Å². The molecule has 0 aromatic carbocycles. The number of methoxy groups -OCH3 is 1. The lowest BCUT2D eigenvalue weighted by Gasteiger charge is -2.17. The zero-order chi connectivity index (χ0) is 17.9. The molecule has 0 radical (unpaired) electrons. The van der Waals surface area contributed by atoms with Gasteiger partial charge in [-0.05, 0) is 49.6 Å². The summed E-state index contributed by atoms with van der Waals surface area (Å²) in [5, 5.41) is 10.6. The molecule has 0 bridgehead atoms. The molecule has 3 heterocycles. The number of rotatable bonds is 7. The lowest BCUT2D eigenvalue weighted by atomic mass is 10.00. The van der Waals surface area contributed by atoms with Crippen molar-refractivity contribution in [2.24, 2.45) is 9.98 Å². The van der Waals surface area contributed by atoms with E-state index in [0.29, 0.717) is 11.5 Å². The highest BCUT2D eigenvalue weighted by molar-refractivity contribution is 6.12. The Morgan fingerprint density at radius 3 is 2.84 bits per heavy atom. The molecule has 0 saturated heterocycles. The van der Waals surface area contributed by atoms with Gasteiger partial charge in [0.2, 0.25) is 0 Å². The maximum atomic E-state index is 10.6. The molecule has 25 heavy (non-hydrogen) atoms. The van der Waals surface area contributed by atoms with Gasteiger partial charge in [0.25, 0.3) is 0 Å². The van der Waals surface area contributed by atoms with Crippen molar-refractivity contribution < 1.29 is 9.84 Å². The zero-order valence-corrected chi connectivity index (χ0v) is 15.0. The third-order valence-electron chi connectivity index (χ3n) is 4.47. The van der Waals surface area contributed by atoms with Crippen molar-refractivity contribution in [3.63, 3.8) is 0 Å². The monoisotopic (exact) mass is 339 g/mol. The van der Waals surface area contributed by atoms with Gasteiger partial charge < -0.3 is 14.8 Å². The van der Waals surface area contributed by atoms with Gasteiger partial charge in [-0.15, -0.1) is 0 Å². The Bertz CT molecular complexity index is 778. The smallest absolute Gasteiger partial charge is 0.176 e. The quantitative estimate of drug-likeness (QED) is 0.740. The molecule has 132 valence electrons. The van der Waals surface area contributed by atoms with E-state index < -0.39 is 5.72 Å². The Kier molecular flexibility index (Phi) is 5.04. The predicted molar refractivity (Wildman–Crippen MR) is 101 cm³/mol. The van der Waals surface area contributed by atoms with Gasteiger partial charge in [-0.3, -0.25) is 0 Å². The number of aromatic nitrogens is 1. The topological polar surface area (TPSA) is 70.0 Å². The summed E-state index contributed by atoms with van der Waals surface area (Å²) < 4.78 is 5.45. The van der Waals surface area contributed by atoms with E-state index in [1.807, 2.05) is 36.6 Å². The molecule has 5 heteroatoms. The molecule has 0 amide bonds. The van der Waals surface area contributed by atoms with Crippen LogP contribution in [0.4, 0.5) is 0 Å². The molecule has 0 aliphatic carbocycles. The van der Waals surface area contributed by atoms with Crippen molar-refractivity contribution in [3.8, 4) is 0 Å². The summed E-state index contributed by atoms with van der Waals surface area (Å²) in [6.45, 7) is 3.91. The van der Waals surface area contributed by atoms with E-state index in [0.717, 1.165) is 48.4 Å². The average molecular weight is 339 g/mol. The molecule has 3 rings (SSSR count). The lowest BCUT2D eigenvalue weighted by molar-refractivity contribution is 0.108. The highest BCUT2D eigenvalue weighted by Gasteiger charge is 2.30. The maximum absolute atomic E-state index is 10.6. The normalized spacial score (nSPS) is 24.2. The zero-order valence-electron chi connectivity index (χ0n) is 15.0. The minimum Gasteiger partial charge on any atom is -0.494 e. The number of hydrogen-bond acceptors (Lipinski definition) is 4. The molecule has 0 fully saturated rings. The second-order valence-corrected chi connectivity index (χ2v) is 6.51. The number of aliphatic hydroxyl groups is 1. The van der Waals surface area contributed by atoms with Crippen LogP contribution in [0.3, 0.4) is 0 Å². The summed E-state index contributed by atoms with van der Waals surface area (Å²) in [7, 11) is 1.63. The molecule has 2 aliphatic rings. The molecule has 1 atom stereocenters. The second-order valence-electron chi connectivity index (χ2n) is 6.51. The Morgan fingerprint density at radius 1 is 1.32 bits per heavy atom.